The molecule has 0 saturated carbocycles. The third-order valence-electron chi connectivity index (χ3n) is 5.85. The van der Waals surface area contributed by atoms with E-state index >= 15 is 0 Å². The minimum Gasteiger partial charge on any atom is -0.496 e. The van der Waals surface area contributed by atoms with Gasteiger partial charge in [0.05, 0.1) is 19.2 Å². The lowest BCUT2D eigenvalue weighted by atomic mass is 10.1. The Labute approximate surface area is 183 Å². The van der Waals surface area contributed by atoms with Crippen molar-refractivity contribution < 1.29 is 9.53 Å². The number of para-hydroxylation sites is 2. The molecule has 162 valence electrons. The minimum absolute atomic E-state index is 0.0892. The summed E-state index contributed by atoms with van der Waals surface area (Å²) in [5.74, 6) is 1.03. The normalized spacial score (nSPS) is 15.1. The number of aromatic nitrogens is 1. The number of amides is 1. The average Bonchev–Trinajstić information content (AvgIpc) is 2.81. The zero-order valence-electron chi connectivity index (χ0n) is 18.1. The molecule has 0 atom stereocenters. The van der Waals surface area contributed by atoms with Gasteiger partial charge in [0.25, 0.3) is 0 Å². The number of rotatable bonds is 8. The van der Waals surface area contributed by atoms with Crippen LogP contribution in [0.1, 0.15) is 11.1 Å². The number of hydrogen-bond donors (Lipinski definition) is 1. The van der Waals surface area contributed by atoms with E-state index in [1.807, 2.05) is 36.5 Å². The second kappa shape index (κ2) is 10.4. The van der Waals surface area contributed by atoms with Crippen molar-refractivity contribution in [1.82, 2.24) is 20.1 Å². The number of hydrogen-bond acceptors (Lipinski definition) is 5. The molecular weight excluding hydrogens is 388 g/mol. The van der Waals surface area contributed by atoms with Crippen molar-refractivity contribution in [2.45, 2.75) is 13.0 Å². The molecule has 4 rings (SSSR count). The lowest BCUT2D eigenvalue weighted by molar-refractivity contribution is -0.122. The summed E-state index contributed by atoms with van der Waals surface area (Å²) < 4.78 is 5.46. The van der Waals surface area contributed by atoms with E-state index in [0.717, 1.165) is 55.8 Å². The van der Waals surface area contributed by atoms with Crippen LogP contribution >= 0.6 is 0 Å². The highest BCUT2D eigenvalue weighted by Gasteiger charge is 2.19. The minimum atomic E-state index is 0.0892. The molecule has 0 unspecified atom stereocenters. The lowest BCUT2D eigenvalue weighted by Crippen LogP contribution is -2.49. The number of nitrogens with one attached hydrogen (secondary N) is 1. The Morgan fingerprint density at radius 2 is 1.71 bits per heavy atom. The smallest absolute Gasteiger partial charge is 0.234 e. The van der Waals surface area contributed by atoms with Crippen LogP contribution in [-0.2, 0) is 17.8 Å². The Morgan fingerprint density at radius 1 is 0.968 bits per heavy atom. The van der Waals surface area contributed by atoms with Gasteiger partial charge in [0.1, 0.15) is 5.75 Å². The van der Waals surface area contributed by atoms with E-state index in [1.165, 1.54) is 11.1 Å². The van der Waals surface area contributed by atoms with Crippen molar-refractivity contribution in [3.63, 3.8) is 0 Å². The van der Waals surface area contributed by atoms with E-state index in [4.69, 9.17) is 4.74 Å². The van der Waals surface area contributed by atoms with Crippen LogP contribution in [0.2, 0.25) is 0 Å². The van der Waals surface area contributed by atoms with Crippen LogP contribution in [0.15, 0.2) is 60.8 Å². The molecule has 31 heavy (non-hydrogen) atoms. The van der Waals surface area contributed by atoms with Crippen LogP contribution in [0.25, 0.3) is 10.9 Å². The van der Waals surface area contributed by atoms with Gasteiger partial charge in [-0.2, -0.15) is 0 Å². The largest absolute Gasteiger partial charge is 0.496 e. The summed E-state index contributed by atoms with van der Waals surface area (Å²) in [4.78, 5) is 21.6. The summed E-state index contributed by atoms with van der Waals surface area (Å²) >= 11 is 0. The van der Waals surface area contributed by atoms with Crippen LogP contribution in [0.4, 0.5) is 0 Å². The fourth-order valence-corrected chi connectivity index (χ4v) is 4.14. The zero-order valence-corrected chi connectivity index (χ0v) is 18.1. The summed E-state index contributed by atoms with van der Waals surface area (Å²) in [6.45, 7) is 5.66. The van der Waals surface area contributed by atoms with Crippen LogP contribution < -0.4 is 10.1 Å². The van der Waals surface area contributed by atoms with Crippen LogP contribution in [0.5, 0.6) is 5.75 Å². The van der Waals surface area contributed by atoms with Gasteiger partial charge in [0.2, 0.25) is 5.91 Å². The maximum atomic E-state index is 12.4. The maximum absolute atomic E-state index is 12.4. The number of nitrogens with zero attached hydrogens (tertiary/aromatic N) is 3. The molecule has 1 N–H and O–H groups in total. The summed E-state index contributed by atoms with van der Waals surface area (Å²) in [5.41, 5.74) is 3.40. The molecule has 1 aromatic heterocycles. The third kappa shape index (κ3) is 5.60. The number of benzene rings is 2. The predicted molar refractivity (Wildman–Crippen MR) is 123 cm³/mol. The zero-order chi connectivity index (χ0) is 21.5. The number of fused-ring (bicyclic) bond motifs is 1. The fraction of sp³-hybridized carbons (Fsp3) is 0.360. The van der Waals surface area contributed by atoms with Crippen LogP contribution in [0, 0.1) is 0 Å². The van der Waals surface area contributed by atoms with Crippen molar-refractivity contribution >= 4 is 16.8 Å². The van der Waals surface area contributed by atoms with Crippen LogP contribution in [-0.4, -0.2) is 67.1 Å². The molecule has 0 aliphatic carbocycles. The van der Waals surface area contributed by atoms with E-state index in [2.05, 4.69) is 44.4 Å². The number of pyridine rings is 1. The van der Waals surface area contributed by atoms with Gasteiger partial charge in [-0.1, -0.05) is 42.5 Å². The second-order valence-electron chi connectivity index (χ2n) is 7.96. The fourth-order valence-electron chi connectivity index (χ4n) is 4.14. The lowest BCUT2D eigenvalue weighted by Gasteiger charge is -2.34. The van der Waals surface area contributed by atoms with Gasteiger partial charge >= 0.3 is 0 Å². The van der Waals surface area contributed by atoms with Gasteiger partial charge in [0.15, 0.2) is 0 Å². The maximum Gasteiger partial charge on any atom is 0.234 e. The number of piperazine rings is 1. The summed E-state index contributed by atoms with van der Waals surface area (Å²) in [6.07, 6.45) is 2.60. The van der Waals surface area contributed by atoms with Gasteiger partial charge in [-0.15, -0.1) is 0 Å². The van der Waals surface area contributed by atoms with Crippen molar-refractivity contribution in [2.75, 3.05) is 46.4 Å². The number of carbonyl (C=O) groups excluding carboxylic acids is 1. The molecule has 6 nitrogen and oxygen atoms in total. The monoisotopic (exact) mass is 418 g/mol. The van der Waals surface area contributed by atoms with Crippen molar-refractivity contribution in [2.24, 2.45) is 0 Å². The molecule has 2 aromatic carbocycles. The Kier molecular flexibility index (Phi) is 7.12. The van der Waals surface area contributed by atoms with E-state index in [1.54, 1.807) is 7.11 Å². The first-order valence-corrected chi connectivity index (χ1v) is 10.9. The van der Waals surface area contributed by atoms with E-state index in [9.17, 15) is 4.79 Å². The highest BCUT2D eigenvalue weighted by atomic mass is 16.5. The highest BCUT2D eigenvalue weighted by molar-refractivity contribution is 5.82. The van der Waals surface area contributed by atoms with Gasteiger partial charge < -0.3 is 10.1 Å². The Bertz CT molecular complexity index is 1010. The van der Waals surface area contributed by atoms with Crippen molar-refractivity contribution in [1.29, 1.82) is 0 Å². The SMILES string of the molecule is COc1ccccc1CN1CCN(CC(=O)NCCc2cccc3cccnc23)CC1. The average molecular weight is 419 g/mol. The first-order valence-electron chi connectivity index (χ1n) is 10.9. The van der Waals surface area contributed by atoms with Crippen LogP contribution in [0.3, 0.4) is 0 Å². The second-order valence-corrected chi connectivity index (χ2v) is 7.96. The first kappa shape index (κ1) is 21.3. The quantitative estimate of drug-likeness (QED) is 0.610. The van der Waals surface area contributed by atoms with Gasteiger partial charge in [-0.25, -0.2) is 0 Å². The molecule has 0 spiro atoms. The van der Waals surface area contributed by atoms with E-state index in [-0.39, 0.29) is 5.91 Å². The first-order chi connectivity index (χ1) is 15.2. The highest BCUT2D eigenvalue weighted by Crippen LogP contribution is 2.20. The van der Waals surface area contributed by atoms with E-state index < -0.39 is 0 Å². The molecular formula is C25H30N4O2. The van der Waals surface area contributed by atoms with Gasteiger partial charge in [-0.05, 0) is 24.1 Å². The molecule has 1 fully saturated rings. The molecule has 1 aliphatic rings. The molecule has 1 saturated heterocycles. The summed E-state index contributed by atoms with van der Waals surface area (Å²) in [7, 11) is 1.71. The topological polar surface area (TPSA) is 57.7 Å². The standard InChI is InChI=1S/C25H30N4O2/c1-31-23-10-3-2-6-22(23)18-28-14-16-29(17-15-28)19-24(30)26-13-11-21-8-4-7-20-9-5-12-27-25(20)21/h2-10,12H,11,13-19H2,1H3,(H,26,30). The number of ether oxygens (including phenoxy) is 1. The van der Waals surface area contributed by atoms with Crippen molar-refractivity contribution in [3.8, 4) is 5.75 Å². The third-order valence-corrected chi connectivity index (χ3v) is 5.85. The molecule has 1 amide bonds. The molecule has 2 heterocycles. The summed E-state index contributed by atoms with van der Waals surface area (Å²) in [6, 6.07) is 18.4. The Hall–Kier alpha value is -2.96. The molecule has 6 heteroatoms. The van der Waals surface area contributed by atoms with E-state index in [0.29, 0.717) is 13.1 Å². The Morgan fingerprint density at radius 3 is 2.55 bits per heavy atom. The molecule has 0 bridgehead atoms. The molecule has 1 aliphatic heterocycles. The van der Waals surface area contributed by atoms with Gasteiger partial charge in [0, 0.05) is 56.4 Å². The Balaban J connectivity index is 1.20. The number of methoxy groups -OCH3 is 1. The van der Waals surface area contributed by atoms with Gasteiger partial charge in [-0.3, -0.25) is 19.6 Å². The molecule has 3 aromatic rings. The van der Waals surface area contributed by atoms with Crippen molar-refractivity contribution in [3.05, 3.63) is 71.9 Å². The molecule has 0 radical (unpaired) electrons. The summed E-state index contributed by atoms with van der Waals surface area (Å²) in [5, 5.41) is 4.21. The predicted octanol–water partition coefficient (Wildman–Crippen LogP) is 2.72. The number of carbonyl (C=O) groups is 1.